The molecule has 3 aromatic rings. The van der Waals surface area contributed by atoms with Gasteiger partial charge in [-0.25, -0.2) is 0 Å². The summed E-state index contributed by atoms with van der Waals surface area (Å²) in [6.45, 7) is 0. The van der Waals surface area contributed by atoms with Crippen LogP contribution in [0.15, 0.2) is 78.9 Å². The van der Waals surface area contributed by atoms with Crippen LogP contribution < -0.4 is 10.6 Å². The second-order valence-corrected chi connectivity index (χ2v) is 6.13. The van der Waals surface area contributed by atoms with Crippen molar-refractivity contribution in [1.29, 1.82) is 0 Å². The lowest BCUT2D eigenvalue weighted by molar-refractivity contribution is 0.102. The van der Waals surface area contributed by atoms with Gasteiger partial charge in [-0.15, -0.1) is 0 Å². The fourth-order valence-electron chi connectivity index (χ4n) is 2.21. The maximum absolute atomic E-state index is 12.5. The van der Waals surface area contributed by atoms with Gasteiger partial charge in [0.2, 0.25) is 0 Å². The molecule has 3 aromatic carbocycles. The van der Waals surface area contributed by atoms with Crippen molar-refractivity contribution in [3.05, 3.63) is 88.0 Å². The van der Waals surface area contributed by atoms with Crippen molar-refractivity contribution < 1.29 is 4.79 Å². The number of hydrogen-bond acceptors (Lipinski definition) is 2. The fourth-order valence-corrected chi connectivity index (χ4v) is 2.85. The summed E-state index contributed by atoms with van der Waals surface area (Å²) in [7, 11) is 0. The van der Waals surface area contributed by atoms with Gasteiger partial charge < -0.3 is 10.6 Å². The van der Waals surface area contributed by atoms with Crippen molar-refractivity contribution in [1.82, 2.24) is 0 Å². The van der Waals surface area contributed by atoms with Crippen molar-refractivity contribution in [2.45, 2.75) is 0 Å². The van der Waals surface area contributed by atoms with E-state index < -0.39 is 0 Å². The number of anilines is 3. The van der Waals surface area contributed by atoms with Gasteiger partial charge in [0.15, 0.2) is 0 Å². The lowest BCUT2D eigenvalue weighted by Crippen LogP contribution is -2.14. The van der Waals surface area contributed by atoms with Gasteiger partial charge in [0.25, 0.3) is 5.91 Å². The zero-order chi connectivity index (χ0) is 16.1. The zero-order valence-electron chi connectivity index (χ0n) is 12.3. The molecule has 0 aliphatic carbocycles. The Morgan fingerprint density at radius 3 is 2.09 bits per heavy atom. The van der Waals surface area contributed by atoms with E-state index in [4.69, 9.17) is 0 Å². The number of hydrogen-bond donors (Lipinski definition) is 2. The highest BCUT2D eigenvalue weighted by atomic mass is 127. The Kier molecular flexibility index (Phi) is 4.92. The van der Waals surface area contributed by atoms with E-state index in [0.717, 1.165) is 20.6 Å². The Morgan fingerprint density at radius 2 is 1.35 bits per heavy atom. The maximum Gasteiger partial charge on any atom is 0.256 e. The average molecular weight is 414 g/mol. The summed E-state index contributed by atoms with van der Waals surface area (Å²) in [5, 5.41) is 6.31. The van der Waals surface area contributed by atoms with Gasteiger partial charge in [0, 0.05) is 9.26 Å². The highest BCUT2D eigenvalue weighted by molar-refractivity contribution is 14.1. The predicted octanol–water partition coefficient (Wildman–Crippen LogP) is 5.29. The first kappa shape index (κ1) is 15.6. The maximum atomic E-state index is 12.5. The molecule has 0 heterocycles. The van der Waals surface area contributed by atoms with Crippen LogP contribution in [0.3, 0.4) is 0 Å². The van der Waals surface area contributed by atoms with E-state index in [1.165, 1.54) is 0 Å². The predicted molar refractivity (Wildman–Crippen MR) is 103 cm³/mol. The molecule has 0 spiro atoms. The van der Waals surface area contributed by atoms with E-state index in [1.807, 2.05) is 78.9 Å². The Balaban J connectivity index is 1.84. The summed E-state index contributed by atoms with van der Waals surface area (Å²) in [5.41, 5.74) is 3.25. The van der Waals surface area contributed by atoms with E-state index >= 15 is 0 Å². The van der Waals surface area contributed by atoms with Crippen LogP contribution >= 0.6 is 22.6 Å². The van der Waals surface area contributed by atoms with E-state index in [-0.39, 0.29) is 5.91 Å². The van der Waals surface area contributed by atoms with Gasteiger partial charge in [-0.2, -0.15) is 0 Å². The molecule has 114 valence electrons. The standard InChI is InChI=1S/C19H15IN2O/c20-16-11-5-4-10-15(16)19(23)22-18-13-7-6-12-17(18)21-14-8-2-1-3-9-14/h1-13,21H,(H,22,23). The SMILES string of the molecule is O=C(Nc1ccccc1Nc1ccccc1)c1ccccc1I. The second kappa shape index (κ2) is 7.28. The summed E-state index contributed by atoms with van der Waals surface area (Å²) >= 11 is 2.17. The Bertz CT molecular complexity index is 818. The Hall–Kier alpha value is -2.34. The number of carbonyl (C=O) groups excluding carboxylic acids is 1. The molecule has 0 saturated heterocycles. The average Bonchev–Trinajstić information content (AvgIpc) is 2.58. The molecular weight excluding hydrogens is 399 g/mol. The molecule has 4 heteroatoms. The minimum absolute atomic E-state index is 0.114. The quantitative estimate of drug-likeness (QED) is 0.570. The number of halogens is 1. The molecule has 0 saturated carbocycles. The first-order chi connectivity index (χ1) is 11.2. The topological polar surface area (TPSA) is 41.1 Å². The van der Waals surface area contributed by atoms with Crippen molar-refractivity contribution in [2.75, 3.05) is 10.6 Å². The van der Waals surface area contributed by atoms with Crippen molar-refractivity contribution >= 4 is 45.6 Å². The summed E-state index contributed by atoms with van der Waals surface area (Å²) in [5.74, 6) is -0.114. The second-order valence-electron chi connectivity index (χ2n) is 4.97. The number of carbonyl (C=O) groups is 1. The third-order valence-electron chi connectivity index (χ3n) is 3.35. The third-order valence-corrected chi connectivity index (χ3v) is 4.29. The van der Waals surface area contributed by atoms with Crippen LogP contribution in [0.4, 0.5) is 17.1 Å². The molecule has 0 fully saturated rings. The van der Waals surface area contributed by atoms with Gasteiger partial charge in [0.05, 0.1) is 16.9 Å². The van der Waals surface area contributed by atoms with Gasteiger partial charge >= 0.3 is 0 Å². The largest absolute Gasteiger partial charge is 0.354 e. The van der Waals surface area contributed by atoms with Gasteiger partial charge in [-0.05, 0) is 59.0 Å². The minimum Gasteiger partial charge on any atom is -0.354 e. The highest BCUT2D eigenvalue weighted by Crippen LogP contribution is 2.26. The molecule has 0 aliphatic heterocycles. The van der Waals surface area contributed by atoms with E-state index in [9.17, 15) is 4.79 Å². The minimum atomic E-state index is -0.114. The number of benzene rings is 3. The molecule has 1 amide bonds. The number of para-hydroxylation sites is 3. The van der Waals surface area contributed by atoms with Crippen LogP contribution in [0.2, 0.25) is 0 Å². The normalized spacial score (nSPS) is 10.1. The summed E-state index contributed by atoms with van der Waals surface area (Å²) in [4.78, 5) is 12.5. The molecule has 2 N–H and O–H groups in total. The molecule has 0 unspecified atom stereocenters. The van der Waals surface area contributed by atoms with Crippen LogP contribution in [0.25, 0.3) is 0 Å². The molecule has 3 nitrogen and oxygen atoms in total. The fraction of sp³-hybridized carbons (Fsp3) is 0. The van der Waals surface area contributed by atoms with Crippen molar-refractivity contribution in [3.63, 3.8) is 0 Å². The molecule has 0 radical (unpaired) electrons. The van der Waals surface area contributed by atoms with Crippen LogP contribution in [0.1, 0.15) is 10.4 Å². The molecule has 0 aliphatic rings. The van der Waals surface area contributed by atoms with Crippen LogP contribution in [0.5, 0.6) is 0 Å². The van der Waals surface area contributed by atoms with E-state index in [2.05, 4.69) is 33.2 Å². The molecule has 0 bridgehead atoms. The van der Waals surface area contributed by atoms with Crippen molar-refractivity contribution in [3.8, 4) is 0 Å². The molecule has 0 atom stereocenters. The zero-order valence-corrected chi connectivity index (χ0v) is 14.4. The van der Waals surface area contributed by atoms with E-state index in [1.54, 1.807) is 0 Å². The third kappa shape index (κ3) is 3.90. The lowest BCUT2D eigenvalue weighted by Gasteiger charge is -2.13. The monoisotopic (exact) mass is 414 g/mol. The van der Waals surface area contributed by atoms with Gasteiger partial charge in [-0.1, -0.05) is 42.5 Å². The Morgan fingerprint density at radius 1 is 0.739 bits per heavy atom. The first-order valence-electron chi connectivity index (χ1n) is 7.21. The van der Waals surface area contributed by atoms with Crippen LogP contribution in [-0.4, -0.2) is 5.91 Å². The van der Waals surface area contributed by atoms with Crippen LogP contribution in [-0.2, 0) is 0 Å². The summed E-state index contributed by atoms with van der Waals surface area (Å²) < 4.78 is 0.927. The van der Waals surface area contributed by atoms with Gasteiger partial charge in [-0.3, -0.25) is 4.79 Å². The van der Waals surface area contributed by atoms with E-state index in [0.29, 0.717) is 5.56 Å². The summed E-state index contributed by atoms with van der Waals surface area (Å²) in [6, 6.07) is 25.1. The lowest BCUT2D eigenvalue weighted by atomic mass is 10.2. The number of rotatable bonds is 4. The smallest absolute Gasteiger partial charge is 0.256 e. The van der Waals surface area contributed by atoms with Gasteiger partial charge in [0.1, 0.15) is 0 Å². The molecular formula is C19H15IN2O. The first-order valence-corrected chi connectivity index (χ1v) is 8.29. The highest BCUT2D eigenvalue weighted by Gasteiger charge is 2.11. The Labute approximate surface area is 148 Å². The molecule has 23 heavy (non-hydrogen) atoms. The van der Waals surface area contributed by atoms with Crippen LogP contribution in [0, 0.1) is 3.57 Å². The number of nitrogens with one attached hydrogen (secondary N) is 2. The molecule has 0 aromatic heterocycles. The number of amides is 1. The summed E-state index contributed by atoms with van der Waals surface area (Å²) in [6.07, 6.45) is 0. The molecule has 3 rings (SSSR count). The van der Waals surface area contributed by atoms with Crippen molar-refractivity contribution in [2.24, 2.45) is 0 Å².